The Morgan fingerprint density at radius 2 is 2.39 bits per heavy atom. The van der Waals surface area contributed by atoms with Crippen LogP contribution in [0, 0.1) is 0 Å². The summed E-state index contributed by atoms with van der Waals surface area (Å²) in [5.41, 5.74) is 0.413. The second kappa shape index (κ2) is 6.06. The van der Waals surface area contributed by atoms with Crippen LogP contribution in [-0.2, 0) is 0 Å². The first-order valence-electron chi connectivity index (χ1n) is 5.47. The van der Waals surface area contributed by atoms with Crippen molar-refractivity contribution < 1.29 is 4.79 Å². The molecule has 0 saturated heterocycles. The number of aromatic nitrogens is 2. The van der Waals surface area contributed by atoms with Crippen LogP contribution in [0.15, 0.2) is 34.4 Å². The van der Waals surface area contributed by atoms with Crippen molar-refractivity contribution in [2.75, 3.05) is 6.54 Å². The van der Waals surface area contributed by atoms with Crippen LogP contribution in [0.5, 0.6) is 0 Å². The second-order valence-electron chi connectivity index (χ2n) is 3.83. The predicted octanol–water partition coefficient (Wildman–Crippen LogP) is 2.83. The van der Waals surface area contributed by atoms with Crippen molar-refractivity contribution in [3.05, 3.63) is 45.1 Å². The van der Waals surface area contributed by atoms with Crippen molar-refractivity contribution in [3.63, 3.8) is 0 Å². The lowest BCUT2D eigenvalue weighted by Crippen LogP contribution is -2.28. The van der Waals surface area contributed by atoms with Gasteiger partial charge in [0.25, 0.3) is 5.91 Å². The highest BCUT2D eigenvalue weighted by atomic mass is 79.9. The molecule has 0 aliphatic carbocycles. The Morgan fingerprint density at radius 3 is 3.06 bits per heavy atom. The number of halogens is 1. The summed E-state index contributed by atoms with van der Waals surface area (Å²) in [4.78, 5) is 20.2. The quantitative estimate of drug-likeness (QED) is 0.879. The van der Waals surface area contributed by atoms with Gasteiger partial charge in [-0.1, -0.05) is 13.0 Å². The smallest absolute Gasteiger partial charge is 0.269 e. The third kappa shape index (κ3) is 3.36. The number of hydrogen-bond acceptors (Lipinski definition) is 4. The molecule has 0 bridgehead atoms. The van der Waals surface area contributed by atoms with E-state index in [1.54, 1.807) is 35.7 Å². The number of hydrogen-bond donors (Lipinski definition) is 1. The summed E-state index contributed by atoms with van der Waals surface area (Å²) in [6.07, 6.45) is 1.77. The lowest BCUT2D eigenvalue weighted by molar-refractivity contribution is 0.0946. The molecule has 1 amide bonds. The minimum atomic E-state index is -0.167. The van der Waals surface area contributed by atoms with E-state index in [-0.39, 0.29) is 11.8 Å². The van der Waals surface area contributed by atoms with Gasteiger partial charge in [-0.15, -0.1) is 11.3 Å². The van der Waals surface area contributed by atoms with Gasteiger partial charge < -0.3 is 5.32 Å². The standard InChI is InChI=1S/C12H12BrN3OS/c1-8(12-14-5-6-18-12)7-15-11(17)9-3-2-4-10(13)16-9/h2-6,8H,7H2,1H3,(H,15,17). The molecule has 2 aromatic rings. The summed E-state index contributed by atoms with van der Waals surface area (Å²) < 4.78 is 0.656. The molecule has 2 heterocycles. The summed E-state index contributed by atoms with van der Waals surface area (Å²) >= 11 is 4.84. The fourth-order valence-corrected chi connectivity index (χ4v) is 2.48. The highest BCUT2D eigenvalue weighted by Crippen LogP contribution is 2.16. The van der Waals surface area contributed by atoms with Crippen LogP contribution in [0.4, 0.5) is 0 Å². The molecule has 1 N–H and O–H groups in total. The minimum Gasteiger partial charge on any atom is -0.350 e. The molecule has 0 aliphatic rings. The Morgan fingerprint density at radius 1 is 1.56 bits per heavy atom. The maximum Gasteiger partial charge on any atom is 0.269 e. The van der Waals surface area contributed by atoms with E-state index in [1.165, 1.54) is 0 Å². The van der Waals surface area contributed by atoms with Gasteiger partial charge in [0, 0.05) is 24.0 Å². The highest BCUT2D eigenvalue weighted by molar-refractivity contribution is 9.10. The Labute approximate surface area is 118 Å². The second-order valence-corrected chi connectivity index (χ2v) is 5.57. The van der Waals surface area contributed by atoms with Crippen LogP contribution in [0.1, 0.15) is 28.3 Å². The van der Waals surface area contributed by atoms with Gasteiger partial charge in [0.15, 0.2) is 0 Å². The van der Waals surface area contributed by atoms with Crippen molar-refractivity contribution >= 4 is 33.2 Å². The van der Waals surface area contributed by atoms with E-state index in [9.17, 15) is 4.79 Å². The number of nitrogens with zero attached hydrogens (tertiary/aromatic N) is 2. The Balaban J connectivity index is 1.92. The fraction of sp³-hybridized carbons (Fsp3) is 0.250. The molecule has 2 rings (SSSR count). The van der Waals surface area contributed by atoms with Gasteiger partial charge >= 0.3 is 0 Å². The van der Waals surface area contributed by atoms with Gasteiger partial charge in [-0.2, -0.15) is 0 Å². The molecule has 0 aromatic carbocycles. The topological polar surface area (TPSA) is 54.9 Å². The molecular formula is C12H12BrN3OS. The van der Waals surface area contributed by atoms with E-state index in [2.05, 4.69) is 31.2 Å². The number of thiazole rings is 1. The first kappa shape index (κ1) is 13.2. The van der Waals surface area contributed by atoms with Gasteiger partial charge in [0.05, 0.1) is 5.01 Å². The van der Waals surface area contributed by atoms with Crippen LogP contribution >= 0.6 is 27.3 Å². The third-order valence-corrected chi connectivity index (χ3v) is 3.84. The summed E-state index contributed by atoms with van der Waals surface area (Å²) in [6.45, 7) is 2.59. The van der Waals surface area contributed by atoms with Gasteiger partial charge in [0.2, 0.25) is 0 Å². The van der Waals surface area contributed by atoms with E-state index in [4.69, 9.17) is 0 Å². The van der Waals surface area contributed by atoms with Gasteiger partial charge in [-0.25, -0.2) is 9.97 Å². The average Bonchev–Trinajstić information content (AvgIpc) is 2.89. The van der Waals surface area contributed by atoms with Crippen molar-refractivity contribution in [2.24, 2.45) is 0 Å². The van der Waals surface area contributed by atoms with Crippen LogP contribution in [-0.4, -0.2) is 22.4 Å². The van der Waals surface area contributed by atoms with E-state index < -0.39 is 0 Å². The molecule has 0 saturated carbocycles. The first-order chi connectivity index (χ1) is 8.66. The SMILES string of the molecule is CC(CNC(=O)c1cccc(Br)n1)c1nccs1. The normalized spacial score (nSPS) is 12.1. The van der Waals surface area contributed by atoms with Gasteiger partial charge in [-0.05, 0) is 28.1 Å². The van der Waals surface area contributed by atoms with E-state index >= 15 is 0 Å². The molecule has 2 aromatic heterocycles. The molecule has 18 heavy (non-hydrogen) atoms. The van der Waals surface area contributed by atoms with Gasteiger partial charge in [0.1, 0.15) is 10.3 Å². The van der Waals surface area contributed by atoms with E-state index in [0.717, 1.165) is 5.01 Å². The first-order valence-corrected chi connectivity index (χ1v) is 7.14. The number of pyridine rings is 1. The molecule has 0 aliphatic heterocycles. The zero-order chi connectivity index (χ0) is 13.0. The van der Waals surface area contributed by atoms with Crippen molar-refractivity contribution in [1.82, 2.24) is 15.3 Å². The van der Waals surface area contributed by atoms with E-state index in [1.807, 2.05) is 12.3 Å². The van der Waals surface area contributed by atoms with Crippen LogP contribution < -0.4 is 5.32 Å². The van der Waals surface area contributed by atoms with E-state index in [0.29, 0.717) is 16.8 Å². The number of nitrogens with one attached hydrogen (secondary N) is 1. The molecule has 0 radical (unpaired) electrons. The zero-order valence-corrected chi connectivity index (χ0v) is 12.2. The molecular weight excluding hydrogens is 314 g/mol. The summed E-state index contributed by atoms with van der Waals surface area (Å²) in [5, 5.41) is 5.82. The maximum atomic E-state index is 11.9. The molecule has 6 heteroatoms. The zero-order valence-electron chi connectivity index (χ0n) is 9.76. The monoisotopic (exact) mass is 325 g/mol. The van der Waals surface area contributed by atoms with Crippen LogP contribution in [0.25, 0.3) is 0 Å². The maximum absolute atomic E-state index is 11.9. The number of carbonyl (C=O) groups is 1. The fourth-order valence-electron chi connectivity index (χ4n) is 1.44. The van der Waals surface area contributed by atoms with Crippen LogP contribution in [0.2, 0.25) is 0 Å². The number of amides is 1. The predicted molar refractivity (Wildman–Crippen MR) is 74.8 cm³/mol. The average molecular weight is 326 g/mol. The molecule has 4 nitrogen and oxygen atoms in total. The Kier molecular flexibility index (Phi) is 4.43. The molecule has 0 fully saturated rings. The Hall–Kier alpha value is -1.27. The number of rotatable bonds is 4. The van der Waals surface area contributed by atoms with Crippen molar-refractivity contribution in [3.8, 4) is 0 Å². The lowest BCUT2D eigenvalue weighted by atomic mass is 10.2. The van der Waals surface area contributed by atoms with Crippen molar-refractivity contribution in [1.29, 1.82) is 0 Å². The highest BCUT2D eigenvalue weighted by Gasteiger charge is 2.12. The number of carbonyl (C=O) groups excluding carboxylic acids is 1. The molecule has 1 atom stereocenters. The minimum absolute atomic E-state index is 0.167. The molecule has 94 valence electrons. The largest absolute Gasteiger partial charge is 0.350 e. The van der Waals surface area contributed by atoms with Crippen molar-refractivity contribution in [2.45, 2.75) is 12.8 Å². The summed E-state index contributed by atoms with van der Waals surface area (Å²) in [7, 11) is 0. The Bertz CT molecular complexity index is 530. The summed E-state index contributed by atoms with van der Waals surface area (Å²) in [5.74, 6) is 0.0424. The third-order valence-electron chi connectivity index (χ3n) is 2.39. The lowest BCUT2D eigenvalue weighted by Gasteiger charge is -2.09. The summed E-state index contributed by atoms with van der Waals surface area (Å²) in [6, 6.07) is 5.26. The molecule has 0 spiro atoms. The van der Waals surface area contributed by atoms with Crippen LogP contribution in [0.3, 0.4) is 0 Å². The molecule has 1 unspecified atom stereocenters. The van der Waals surface area contributed by atoms with Gasteiger partial charge in [-0.3, -0.25) is 4.79 Å².